The number of aliphatic hydroxyl groups is 1. The van der Waals surface area contributed by atoms with Crippen LogP contribution in [0.25, 0.3) is 0 Å². The summed E-state index contributed by atoms with van der Waals surface area (Å²) in [6, 6.07) is 3.26. The quantitative estimate of drug-likeness (QED) is 0.589. The molecule has 0 aliphatic rings. The van der Waals surface area contributed by atoms with Gasteiger partial charge in [-0.25, -0.2) is 4.79 Å². The van der Waals surface area contributed by atoms with Gasteiger partial charge in [0.15, 0.2) is 0 Å². The van der Waals surface area contributed by atoms with Crippen LogP contribution in [0, 0.1) is 10.1 Å². The van der Waals surface area contributed by atoms with E-state index in [1.165, 1.54) is 13.0 Å². The number of nitro groups is 1. The van der Waals surface area contributed by atoms with Gasteiger partial charge >= 0.3 is 5.97 Å². The lowest BCUT2D eigenvalue weighted by atomic mass is 10.2. The molecule has 0 saturated carbocycles. The topological polar surface area (TPSA) is 110 Å². The van der Waals surface area contributed by atoms with Gasteiger partial charge in [0.25, 0.3) is 5.69 Å². The molecule has 0 saturated heterocycles. The van der Waals surface area contributed by atoms with Crippen molar-refractivity contribution < 1.29 is 24.7 Å². The fourth-order valence-electron chi connectivity index (χ4n) is 1.13. The zero-order valence-corrected chi connectivity index (χ0v) is 8.99. The van der Waals surface area contributed by atoms with Crippen molar-refractivity contribution in [1.29, 1.82) is 0 Å². The van der Waals surface area contributed by atoms with E-state index >= 15 is 0 Å². The average Bonchev–Trinajstić information content (AvgIpc) is 2.25. The molecule has 7 heteroatoms. The fraction of sp³-hybridized carbons (Fsp3) is 0.300. The summed E-state index contributed by atoms with van der Waals surface area (Å²) in [6.07, 6.45) is -0.758. The molecule has 0 spiro atoms. The summed E-state index contributed by atoms with van der Waals surface area (Å²) in [5.41, 5.74) is -0.633. The summed E-state index contributed by atoms with van der Waals surface area (Å²) in [5.74, 6) is -1.33. The molecule has 1 atom stereocenters. The van der Waals surface area contributed by atoms with Crippen LogP contribution in [-0.2, 0) is 0 Å². The van der Waals surface area contributed by atoms with Crippen molar-refractivity contribution >= 4 is 11.7 Å². The van der Waals surface area contributed by atoms with E-state index in [9.17, 15) is 14.9 Å². The number of ether oxygens (including phenoxy) is 1. The third-order valence-electron chi connectivity index (χ3n) is 1.88. The van der Waals surface area contributed by atoms with Crippen LogP contribution in [0.5, 0.6) is 5.75 Å². The molecule has 0 amide bonds. The van der Waals surface area contributed by atoms with E-state index in [0.29, 0.717) is 0 Å². The highest BCUT2D eigenvalue weighted by Gasteiger charge is 2.17. The van der Waals surface area contributed by atoms with Crippen LogP contribution in [0.3, 0.4) is 0 Å². The molecule has 2 N–H and O–H groups in total. The molecule has 1 rings (SSSR count). The van der Waals surface area contributed by atoms with Crippen LogP contribution < -0.4 is 4.74 Å². The third-order valence-corrected chi connectivity index (χ3v) is 1.88. The Kier molecular flexibility index (Phi) is 4.00. The van der Waals surface area contributed by atoms with Gasteiger partial charge in [-0.15, -0.1) is 0 Å². The lowest BCUT2D eigenvalue weighted by Crippen LogP contribution is -2.14. The van der Waals surface area contributed by atoms with E-state index in [-0.39, 0.29) is 23.6 Å². The number of aromatic carboxylic acids is 1. The van der Waals surface area contributed by atoms with E-state index in [1.807, 2.05) is 0 Å². The Labute approximate surface area is 96.4 Å². The molecular weight excluding hydrogens is 230 g/mol. The normalized spacial score (nSPS) is 11.9. The average molecular weight is 241 g/mol. The molecule has 7 nitrogen and oxygen atoms in total. The van der Waals surface area contributed by atoms with Crippen LogP contribution in [0.1, 0.15) is 17.3 Å². The minimum absolute atomic E-state index is 0.0102. The number of hydrogen-bond acceptors (Lipinski definition) is 5. The van der Waals surface area contributed by atoms with Crippen LogP contribution in [0.4, 0.5) is 5.69 Å². The number of carboxylic acids is 1. The van der Waals surface area contributed by atoms with E-state index in [2.05, 4.69) is 0 Å². The number of carboxylic acid groups (broad SMARTS) is 1. The largest absolute Gasteiger partial charge is 0.490 e. The van der Waals surface area contributed by atoms with Crippen molar-refractivity contribution in [2.24, 2.45) is 0 Å². The van der Waals surface area contributed by atoms with Crippen LogP contribution in [0.15, 0.2) is 18.2 Å². The number of hydrogen-bond donors (Lipinski definition) is 2. The molecule has 1 aromatic carbocycles. The Morgan fingerprint density at radius 1 is 1.59 bits per heavy atom. The molecule has 0 fully saturated rings. The first-order chi connectivity index (χ1) is 7.91. The van der Waals surface area contributed by atoms with Crippen molar-refractivity contribution in [3.05, 3.63) is 33.9 Å². The fourth-order valence-corrected chi connectivity index (χ4v) is 1.13. The van der Waals surface area contributed by atoms with E-state index < -0.39 is 17.0 Å². The van der Waals surface area contributed by atoms with Gasteiger partial charge in [-0.05, 0) is 13.0 Å². The molecule has 0 aromatic heterocycles. The molecule has 0 radical (unpaired) electrons. The first-order valence-electron chi connectivity index (χ1n) is 4.74. The number of nitro benzene ring substituents is 1. The summed E-state index contributed by atoms with van der Waals surface area (Å²) >= 11 is 0. The van der Waals surface area contributed by atoms with E-state index in [1.54, 1.807) is 0 Å². The molecule has 1 unspecified atom stereocenters. The van der Waals surface area contributed by atoms with Gasteiger partial charge in [-0.3, -0.25) is 10.1 Å². The number of benzene rings is 1. The van der Waals surface area contributed by atoms with Crippen LogP contribution >= 0.6 is 0 Å². The monoisotopic (exact) mass is 241 g/mol. The van der Waals surface area contributed by atoms with Gasteiger partial charge in [0.05, 0.1) is 11.0 Å². The maximum absolute atomic E-state index is 10.9. The Morgan fingerprint density at radius 3 is 2.71 bits per heavy atom. The predicted molar refractivity (Wildman–Crippen MR) is 57.2 cm³/mol. The summed E-state index contributed by atoms with van der Waals surface area (Å²) in [7, 11) is 0. The van der Waals surface area contributed by atoms with Crippen LogP contribution in [0.2, 0.25) is 0 Å². The van der Waals surface area contributed by atoms with E-state index in [4.69, 9.17) is 14.9 Å². The number of non-ortho nitro benzene ring substituents is 1. The standard InChI is InChI=1S/C10H11NO6/c1-6(12)5-17-9-3-2-7(11(15)16)4-8(9)10(13)14/h2-4,6,12H,5H2,1H3,(H,13,14). The second kappa shape index (κ2) is 5.26. The highest BCUT2D eigenvalue weighted by Crippen LogP contribution is 2.24. The summed E-state index contributed by atoms with van der Waals surface area (Å²) in [4.78, 5) is 20.7. The van der Waals surface area contributed by atoms with Crippen molar-refractivity contribution in [1.82, 2.24) is 0 Å². The molecule has 0 aliphatic carbocycles. The second-order valence-electron chi connectivity index (χ2n) is 3.40. The van der Waals surface area contributed by atoms with Gasteiger partial charge in [-0.2, -0.15) is 0 Å². The molecule has 0 aliphatic heterocycles. The smallest absolute Gasteiger partial charge is 0.339 e. The van der Waals surface area contributed by atoms with Gasteiger partial charge < -0.3 is 14.9 Å². The Morgan fingerprint density at radius 2 is 2.24 bits per heavy atom. The minimum atomic E-state index is -1.32. The molecule has 0 heterocycles. The predicted octanol–water partition coefficient (Wildman–Crippen LogP) is 1.05. The maximum Gasteiger partial charge on any atom is 0.339 e. The van der Waals surface area contributed by atoms with E-state index in [0.717, 1.165) is 12.1 Å². The molecule has 0 bridgehead atoms. The van der Waals surface area contributed by atoms with Gasteiger partial charge in [0.2, 0.25) is 0 Å². The lowest BCUT2D eigenvalue weighted by molar-refractivity contribution is -0.384. The zero-order valence-electron chi connectivity index (χ0n) is 8.99. The maximum atomic E-state index is 10.9. The van der Waals surface area contributed by atoms with Crippen molar-refractivity contribution in [2.45, 2.75) is 13.0 Å². The third kappa shape index (κ3) is 3.42. The van der Waals surface area contributed by atoms with Crippen LogP contribution in [-0.4, -0.2) is 33.8 Å². The number of aliphatic hydroxyl groups excluding tert-OH is 1. The number of nitrogens with zero attached hydrogens (tertiary/aromatic N) is 1. The summed E-state index contributed by atoms with van der Waals surface area (Å²) in [6.45, 7) is 1.39. The first-order valence-corrected chi connectivity index (χ1v) is 4.74. The molecular formula is C10H11NO6. The Hall–Kier alpha value is -2.15. The van der Waals surface area contributed by atoms with Crippen molar-refractivity contribution in [2.75, 3.05) is 6.61 Å². The Bertz CT molecular complexity index is 442. The SMILES string of the molecule is CC(O)COc1ccc([N+](=O)[O-])cc1C(=O)O. The highest BCUT2D eigenvalue weighted by atomic mass is 16.6. The lowest BCUT2D eigenvalue weighted by Gasteiger charge is -2.10. The summed E-state index contributed by atoms with van der Waals surface area (Å²) < 4.78 is 5.04. The van der Waals surface area contributed by atoms with Gasteiger partial charge in [0.1, 0.15) is 17.9 Å². The zero-order chi connectivity index (χ0) is 13.0. The number of carbonyl (C=O) groups is 1. The Balaban J connectivity index is 3.04. The van der Waals surface area contributed by atoms with Crippen molar-refractivity contribution in [3.63, 3.8) is 0 Å². The second-order valence-corrected chi connectivity index (χ2v) is 3.40. The van der Waals surface area contributed by atoms with Gasteiger partial charge in [0, 0.05) is 12.1 Å². The number of rotatable bonds is 5. The molecule has 1 aromatic rings. The molecule has 17 heavy (non-hydrogen) atoms. The van der Waals surface area contributed by atoms with Crippen molar-refractivity contribution in [3.8, 4) is 5.75 Å². The summed E-state index contributed by atoms with van der Waals surface area (Å²) in [5, 5.41) is 28.4. The van der Waals surface area contributed by atoms with Gasteiger partial charge in [-0.1, -0.05) is 0 Å². The highest BCUT2D eigenvalue weighted by molar-refractivity contribution is 5.91. The molecule has 92 valence electrons. The minimum Gasteiger partial charge on any atom is -0.490 e. The first kappa shape index (κ1) is 12.9.